The maximum atomic E-state index is 12.5. The quantitative estimate of drug-likeness (QED) is 0.736. The standard InChI is InChI=1S/C17H23BrClNO/c1-16(2)8-12(9-17(3,4)10-16)20-15(21)13-7-11(19)5-6-14(13)18/h5-7,12H,8-10H2,1-4H3,(H,20,21). The van der Waals surface area contributed by atoms with Gasteiger partial charge in [0, 0.05) is 15.5 Å². The first-order chi connectivity index (χ1) is 9.58. The summed E-state index contributed by atoms with van der Waals surface area (Å²) in [6, 6.07) is 5.50. The highest BCUT2D eigenvalue weighted by molar-refractivity contribution is 9.10. The molecule has 2 rings (SSSR count). The molecule has 0 spiro atoms. The molecule has 1 amide bonds. The van der Waals surface area contributed by atoms with Gasteiger partial charge in [-0.25, -0.2) is 0 Å². The molecule has 1 N–H and O–H groups in total. The smallest absolute Gasteiger partial charge is 0.252 e. The number of hydrogen-bond acceptors (Lipinski definition) is 1. The topological polar surface area (TPSA) is 29.1 Å². The van der Waals surface area contributed by atoms with E-state index in [1.54, 1.807) is 12.1 Å². The molecule has 1 aromatic carbocycles. The Morgan fingerprint density at radius 3 is 2.38 bits per heavy atom. The molecule has 0 unspecified atom stereocenters. The van der Waals surface area contributed by atoms with E-state index in [-0.39, 0.29) is 22.8 Å². The minimum absolute atomic E-state index is 0.0529. The maximum Gasteiger partial charge on any atom is 0.252 e. The molecule has 0 aliphatic heterocycles. The average Bonchev–Trinajstić information content (AvgIpc) is 2.27. The molecule has 1 saturated carbocycles. The zero-order valence-electron chi connectivity index (χ0n) is 13.1. The van der Waals surface area contributed by atoms with Crippen molar-refractivity contribution in [1.29, 1.82) is 0 Å². The molecule has 0 radical (unpaired) electrons. The summed E-state index contributed by atoms with van der Waals surface area (Å²) in [5.74, 6) is -0.0529. The largest absolute Gasteiger partial charge is 0.349 e. The Balaban J connectivity index is 2.14. The molecule has 116 valence electrons. The summed E-state index contributed by atoms with van der Waals surface area (Å²) in [6.07, 6.45) is 3.22. The van der Waals surface area contributed by atoms with Gasteiger partial charge in [-0.3, -0.25) is 4.79 Å². The molecule has 0 heterocycles. The lowest BCUT2D eigenvalue weighted by molar-refractivity contribution is 0.0713. The molecule has 0 aromatic heterocycles. The van der Waals surface area contributed by atoms with Crippen molar-refractivity contribution >= 4 is 33.4 Å². The molecule has 4 heteroatoms. The molecule has 1 aromatic rings. The second kappa shape index (κ2) is 5.92. The van der Waals surface area contributed by atoms with Crippen LogP contribution in [0.2, 0.25) is 5.02 Å². The first-order valence-corrected chi connectivity index (χ1v) is 8.51. The number of halogens is 2. The van der Waals surface area contributed by atoms with Gasteiger partial charge in [-0.05, 0) is 64.2 Å². The van der Waals surface area contributed by atoms with Gasteiger partial charge in [-0.1, -0.05) is 39.3 Å². The second-order valence-electron chi connectivity index (χ2n) is 7.71. The van der Waals surface area contributed by atoms with E-state index in [9.17, 15) is 4.79 Å². The first-order valence-electron chi connectivity index (χ1n) is 7.34. The van der Waals surface area contributed by atoms with Crippen LogP contribution >= 0.6 is 27.5 Å². The highest BCUT2D eigenvalue weighted by Gasteiger charge is 2.39. The van der Waals surface area contributed by atoms with Gasteiger partial charge in [0.25, 0.3) is 5.91 Å². The van der Waals surface area contributed by atoms with Gasteiger partial charge in [0.2, 0.25) is 0 Å². The SMILES string of the molecule is CC1(C)CC(NC(=O)c2cc(Cl)ccc2Br)CC(C)(C)C1. The van der Waals surface area contributed by atoms with E-state index < -0.39 is 0 Å². The third-order valence-corrected chi connectivity index (χ3v) is 4.99. The van der Waals surface area contributed by atoms with Crippen LogP contribution in [0.5, 0.6) is 0 Å². The molecule has 0 saturated heterocycles. The lowest BCUT2D eigenvalue weighted by Crippen LogP contribution is -2.46. The van der Waals surface area contributed by atoms with Gasteiger partial charge in [-0.15, -0.1) is 0 Å². The van der Waals surface area contributed by atoms with Crippen LogP contribution in [0.1, 0.15) is 57.3 Å². The summed E-state index contributed by atoms with van der Waals surface area (Å²) in [7, 11) is 0. The van der Waals surface area contributed by atoms with E-state index in [1.807, 2.05) is 6.07 Å². The fourth-order valence-corrected chi connectivity index (χ4v) is 4.48. The Kier molecular flexibility index (Phi) is 4.75. The number of amides is 1. The second-order valence-corrected chi connectivity index (χ2v) is 9.00. The van der Waals surface area contributed by atoms with Crippen LogP contribution in [0.15, 0.2) is 22.7 Å². The fraction of sp³-hybridized carbons (Fsp3) is 0.588. The Morgan fingerprint density at radius 2 is 1.81 bits per heavy atom. The zero-order chi connectivity index (χ0) is 15.8. The van der Waals surface area contributed by atoms with Crippen molar-refractivity contribution in [2.75, 3.05) is 0 Å². The Labute approximate surface area is 140 Å². The van der Waals surface area contributed by atoms with Crippen LogP contribution in [0.3, 0.4) is 0 Å². The van der Waals surface area contributed by atoms with Crippen LogP contribution in [-0.4, -0.2) is 11.9 Å². The first kappa shape index (κ1) is 16.8. The Morgan fingerprint density at radius 1 is 1.24 bits per heavy atom. The van der Waals surface area contributed by atoms with Crippen molar-refractivity contribution in [3.05, 3.63) is 33.3 Å². The van der Waals surface area contributed by atoms with Crippen molar-refractivity contribution in [1.82, 2.24) is 5.32 Å². The van der Waals surface area contributed by atoms with Gasteiger partial charge < -0.3 is 5.32 Å². The average molecular weight is 373 g/mol. The minimum atomic E-state index is -0.0529. The molecule has 1 aliphatic rings. The predicted octanol–water partition coefficient (Wildman–Crippen LogP) is 5.44. The van der Waals surface area contributed by atoms with E-state index in [1.165, 1.54) is 6.42 Å². The monoisotopic (exact) mass is 371 g/mol. The van der Waals surface area contributed by atoms with Crippen molar-refractivity contribution in [3.63, 3.8) is 0 Å². The van der Waals surface area contributed by atoms with E-state index in [2.05, 4.69) is 48.9 Å². The van der Waals surface area contributed by atoms with Gasteiger partial charge in [0.05, 0.1) is 5.56 Å². The fourth-order valence-electron chi connectivity index (χ4n) is 3.88. The van der Waals surface area contributed by atoms with Gasteiger partial charge in [-0.2, -0.15) is 0 Å². The van der Waals surface area contributed by atoms with Crippen LogP contribution in [0.4, 0.5) is 0 Å². The summed E-state index contributed by atoms with van der Waals surface area (Å²) in [6.45, 7) is 9.12. The summed E-state index contributed by atoms with van der Waals surface area (Å²) >= 11 is 9.41. The summed E-state index contributed by atoms with van der Waals surface area (Å²) in [5, 5.41) is 3.76. The highest BCUT2D eigenvalue weighted by Crippen LogP contribution is 2.45. The normalized spacial score (nSPS) is 21.0. The van der Waals surface area contributed by atoms with Crippen LogP contribution < -0.4 is 5.32 Å². The predicted molar refractivity (Wildman–Crippen MR) is 91.8 cm³/mol. The van der Waals surface area contributed by atoms with E-state index in [4.69, 9.17) is 11.6 Å². The van der Waals surface area contributed by atoms with Crippen molar-refractivity contribution < 1.29 is 4.79 Å². The number of benzene rings is 1. The molecule has 0 atom stereocenters. The summed E-state index contributed by atoms with van der Waals surface area (Å²) < 4.78 is 0.777. The third kappa shape index (κ3) is 4.46. The van der Waals surface area contributed by atoms with E-state index in [0.29, 0.717) is 10.6 Å². The molecule has 0 bridgehead atoms. The Bertz CT molecular complexity index is 538. The zero-order valence-corrected chi connectivity index (χ0v) is 15.4. The van der Waals surface area contributed by atoms with Crippen LogP contribution in [-0.2, 0) is 0 Å². The van der Waals surface area contributed by atoms with Gasteiger partial charge in [0.15, 0.2) is 0 Å². The van der Waals surface area contributed by atoms with Crippen molar-refractivity contribution in [2.24, 2.45) is 10.8 Å². The molecule has 1 fully saturated rings. The number of carbonyl (C=O) groups is 1. The minimum Gasteiger partial charge on any atom is -0.349 e. The van der Waals surface area contributed by atoms with Crippen molar-refractivity contribution in [2.45, 2.75) is 53.0 Å². The lowest BCUT2D eigenvalue weighted by Gasteiger charge is -2.45. The molecular weight excluding hydrogens is 350 g/mol. The number of hydrogen-bond donors (Lipinski definition) is 1. The number of carbonyl (C=O) groups excluding carboxylic acids is 1. The molecule has 1 aliphatic carbocycles. The summed E-state index contributed by atoms with van der Waals surface area (Å²) in [5.41, 5.74) is 1.11. The number of rotatable bonds is 2. The van der Waals surface area contributed by atoms with Crippen LogP contribution in [0, 0.1) is 10.8 Å². The van der Waals surface area contributed by atoms with E-state index in [0.717, 1.165) is 17.3 Å². The van der Waals surface area contributed by atoms with Gasteiger partial charge >= 0.3 is 0 Å². The molecule has 21 heavy (non-hydrogen) atoms. The van der Waals surface area contributed by atoms with Crippen LogP contribution in [0.25, 0.3) is 0 Å². The maximum absolute atomic E-state index is 12.5. The van der Waals surface area contributed by atoms with Gasteiger partial charge in [0.1, 0.15) is 0 Å². The summed E-state index contributed by atoms with van der Waals surface area (Å²) in [4.78, 5) is 12.5. The lowest BCUT2D eigenvalue weighted by atomic mass is 9.63. The highest BCUT2D eigenvalue weighted by atomic mass is 79.9. The van der Waals surface area contributed by atoms with E-state index >= 15 is 0 Å². The Hall–Kier alpha value is -0.540. The van der Waals surface area contributed by atoms with Crippen molar-refractivity contribution in [3.8, 4) is 0 Å². The molecular formula is C17H23BrClNO. The third-order valence-electron chi connectivity index (χ3n) is 4.06. The molecule has 2 nitrogen and oxygen atoms in total. The number of nitrogens with one attached hydrogen (secondary N) is 1.